The standard InChI is InChI=1S/C12H9BrN2O3S/c1-7-2-3-8(6-10(7)15(17)18)14-12(16)11-9(13)4-5-19-11/h2-6H,1H3,(H,14,16). The van der Waals surface area contributed by atoms with Crippen LogP contribution in [0.3, 0.4) is 0 Å². The molecule has 0 radical (unpaired) electrons. The number of nitrogens with one attached hydrogen (secondary N) is 1. The number of hydrogen-bond donors (Lipinski definition) is 1. The summed E-state index contributed by atoms with van der Waals surface area (Å²) in [5.74, 6) is -0.292. The number of nitro benzene ring substituents is 1. The molecule has 19 heavy (non-hydrogen) atoms. The summed E-state index contributed by atoms with van der Waals surface area (Å²) in [4.78, 5) is 22.9. The molecule has 0 unspecified atom stereocenters. The maximum atomic E-state index is 12.0. The van der Waals surface area contributed by atoms with E-state index < -0.39 is 4.92 Å². The Balaban J connectivity index is 2.25. The Hall–Kier alpha value is -1.73. The van der Waals surface area contributed by atoms with Gasteiger partial charge in [-0.2, -0.15) is 0 Å². The van der Waals surface area contributed by atoms with E-state index in [1.807, 2.05) is 0 Å². The average molecular weight is 341 g/mol. The van der Waals surface area contributed by atoms with Crippen molar-refractivity contribution in [1.29, 1.82) is 0 Å². The van der Waals surface area contributed by atoms with Gasteiger partial charge in [-0.15, -0.1) is 11.3 Å². The van der Waals surface area contributed by atoms with Gasteiger partial charge in [0.2, 0.25) is 0 Å². The Morgan fingerprint density at radius 1 is 1.42 bits per heavy atom. The van der Waals surface area contributed by atoms with E-state index in [9.17, 15) is 14.9 Å². The Bertz CT molecular complexity index is 654. The molecule has 7 heteroatoms. The van der Waals surface area contributed by atoms with Crippen molar-refractivity contribution in [3.05, 3.63) is 54.7 Å². The molecule has 1 heterocycles. The first-order valence-corrected chi connectivity index (χ1v) is 6.95. The quantitative estimate of drug-likeness (QED) is 0.678. The van der Waals surface area contributed by atoms with Gasteiger partial charge in [0.05, 0.1) is 4.92 Å². The molecule has 0 fully saturated rings. The number of hydrogen-bond acceptors (Lipinski definition) is 4. The molecule has 5 nitrogen and oxygen atoms in total. The molecular weight excluding hydrogens is 332 g/mol. The van der Waals surface area contributed by atoms with Crippen LogP contribution in [0, 0.1) is 17.0 Å². The molecule has 0 aliphatic heterocycles. The Labute approximate surface area is 121 Å². The van der Waals surface area contributed by atoms with Crippen molar-refractivity contribution in [2.24, 2.45) is 0 Å². The molecule has 1 aromatic heterocycles. The van der Waals surface area contributed by atoms with Gasteiger partial charge in [0.1, 0.15) is 4.88 Å². The number of nitrogens with zero attached hydrogens (tertiary/aromatic N) is 1. The summed E-state index contributed by atoms with van der Waals surface area (Å²) in [6, 6.07) is 6.38. The van der Waals surface area contributed by atoms with Gasteiger partial charge < -0.3 is 5.32 Å². The van der Waals surface area contributed by atoms with E-state index in [2.05, 4.69) is 21.2 Å². The van der Waals surface area contributed by atoms with Crippen LogP contribution in [0.25, 0.3) is 0 Å². The Kier molecular flexibility index (Phi) is 3.96. The number of benzene rings is 1. The number of aryl methyl sites for hydroxylation is 1. The van der Waals surface area contributed by atoms with Crippen molar-refractivity contribution in [1.82, 2.24) is 0 Å². The van der Waals surface area contributed by atoms with Crippen LogP contribution in [0.1, 0.15) is 15.2 Å². The fourth-order valence-electron chi connectivity index (χ4n) is 1.53. The van der Waals surface area contributed by atoms with Crippen LogP contribution in [0.5, 0.6) is 0 Å². The maximum absolute atomic E-state index is 12.0. The molecule has 0 saturated carbocycles. The van der Waals surface area contributed by atoms with E-state index in [4.69, 9.17) is 0 Å². The summed E-state index contributed by atoms with van der Waals surface area (Å²) in [6.07, 6.45) is 0. The van der Waals surface area contributed by atoms with Gasteiger partial charge in [-0.3, -0.25) is 14.9 Å². The summed E-state index contributed by atoms with van der Waals surface area (Å²) in [5.41, 5.74) is 0.950. The van der Waals surface area contributed by atoms with E-state index in [1.54, 1.807) is 30.5 Å². The number of halogens is 1. The summed E-state index contributed by atoms with van der Waals surface area (Å²) >= 11 is 4.57. The predicted octanol–water partition coefficient (Wildman–Crippen LogP) is 3.98. The van der Waals surface area contributed by atoms with Crippen molar-refractivity contribution in [3.8, 4) is 0 Å². The maximum Gasteiger partial charge on any atom is 0.274 e. The van der Waals surface area contributed by atoms with E-state index >= 15 is 0 Å². The van der Waals surface area contributed by atoms with Gasteiger partial charge in [-0.25, -0.2) is 0 Å². The van der Waals surface area contributed by atoms with Crippen LogP contribution in [0.15, 0.2) is 34.1 Å². The smallest absolute Gasteiger partial charge is 0.274 e. The number of thiophene rings is 1. The lowest BCUT2D eigenvalue weighted by Crippen LogP contribution is -2.11. The highest BCUT2D eigenvalue weighted by atomic mass is 79.9. The summed E-state index contributed by atoms with van der Waals surface area (Å²) in [6.45, 7) is 1.65. The molecule has 1 amide bonds. The second kappa shape index (κ2) is 5.50. The van der Waals surface area contributed by atoms with Gasteiger partial charge in [-0.05, 0) is 40.4 Å². The third-order valence-corrected chi connectivity index (χ3v) is 4.32. The molecule has 0 aliphatic rings. The van der Waals surface area contributed by atoms with Gasteiger partial charge >= 0.3 is 0 Å². The van der Waals surface area contributed by atoms with Crippen LogP contribution in [0.2, 0.25) is 0 Å². The minimum Gasteiger partial charge on any atom is -0.321 e. The highest BCUT2D eigenvalue weighted by molar-refractivity contribution is 9.10. The number of amides is 1. The van der Waals surface area contributed by atoms with Crippen LogP contribution in [-0.2, 0) is 0 Å². The molecule has 2 aromatic rings. The third-order valence-electron chi connectivity index (χ3n) is 2.49. The zero-order valence-corrected chi connectivity index (χ0v) is 12.2. The zero-order valence-electron chi connectivity index (χ0n) is 9.84. The molecule has 0 aliphatic carbocycles. The number of rotatable bonds is 3. The van der Waals surface area contributed by atoms with E-state index in [0.29, 0.717) is 20.6 Å². The predicted molar refractivity (Wildman–Crippen MR) is 77.8 cm³/mol. The first-order valence-electron chi connectivity index (χ1n) is 5.28. The van der Waals surface area contributed by atoms with Crippen LogP contribution in [0.4, 0.5) is 11.4 Å². The Morgan fingerprint density at radius 3 is 2.74 bits per heavy atom. The van der Waals surface area contributed by atoms with Crippen LogP contribution < -0.4 is 5.32 Å². The van der Waals surface area contributed by atoms with Crippen molar-refractivity contribution < 1.29 is 9.72 Å². The van der Waals surface area contributed by atoms with Crippen LogP contribution in [-0.4, -0.2) is 10.8 Å². The second-order valence-electron chi connectivity index (χ2n) is 3.81. The second-order valence-corrected chi connectivity index (χ2v) is 5.58. The van der Waals surface area contributed by atoms with Gasteiger partial charge in [0.15, 0.2) is 0 Å². The molecule has 0 bridgehead atoms. The molecule has 0 saturated heterocycles. The number of nitro groups is 1. The SMILES string of the molecule is Cc1ccc(NC(=O)c2sccc2Br)cc1[N+](=O)[O-]. The van der Waals surface area contributed by atoms with E-state index in [1.165, 1.54) is 17.4 Å². The number of anilines is 1. The van der Waals surface area contributed by atoms with Crippen molar-refractivity contribution >= 4 is 44.5 Å². The first kappa shape index (κ1) is 13.7. The van der Waals surface area contributed by atoms with Crippen molar-refractivity contribution in [2.45, 2.75) is 6.92 Å². The zero-order chi connectivity index (χ0) is 14.0. The summed E-state index contributed by atoms with van der Waals surface area (Å²) in [7, 11) is 0. The van der Waals surface area contributed by atoms with Gasteiger partial charge in [0, 0.05) is 21.8 Å². The molecule has 1 aromatic carbocycles. The minimum atomic E-state index is -0.466. The largest absolute Gasteiger partial charge is 0.321 e. The lowest BCUT2D eigenvalue weighted by Gasteiger charge is -2.05. The third kappa shape index (κ3) is 2.99. The Morgan fingerprint density at radius 2 is 2.16 bits per heavy atom. The molecule has 1 N–H and O–H groups in total. The fraction of sp³-hybridized carbons (Fsp3) is 0.0833. The van der Waals surface area contributed by atoms with E-state index in [0.717, 1.165) is 0 Å². The lowest BCUT2D eigenvalue weighted by atomic mass is 10.2. The number of carbonyl (C=O) groups is 1. The van der Waals surface area contributed by atoms with E-state index in [-0.39, 0.29) is 11.6 Å². The van der Waals surface area contributed by atoms with Gasteiger partial charge in [0.25, 0.3) is 11.6 Å². The molecule has 2 rings (SSSR count). The monoisotopic (exact) mass is 340 g/mol. The highest BCUT2D eigenvalue weighted by Crippen LogP contribution is 2.26. The summed E-state index contributed by atoms with van der Waals surface area (Å²) < 4.78 is 0.705. The highest BCUT2D eigenvalue weighted by Gasteiger charge is 2.15. The van der Waals surface area contributed by atoms with Crippen molar-refractivity contribution in [2.75, 3.05) is 5.32 Å². The van der Waals surface area contributed by atoms with Crippen LogP contribution >= 0.6 is 27.3 Å². The topological polar surface area (TPSA) is 72.2 Å². The van der Waals surface area contributed by atoms with Gasteiger partial charge in [-0.1, -0.05) is 6.07 Å². The molecular formula is C12H9BrN2O3S. The summed E-state index contributed by atoms with van der Waals surface area (Å²) in [5, 5.41) is 15.3. The number of carbonyl (C=O) groups excluding carboxylic acids is 1. The minimum absolute atomic E-state index is 0.0111. The normalized spacial score (nSPS) is 10.2. The van der Waals surface area contributed by atoms with Crippen molar-refractivity contribution in [3.63, 3.8) is 0 Å². The first-order chi connectivity index (χ1) is 8.99. The molecule has 0 spiro atoms. The molecule has 98 valence electrons. The fourth-order valence-corrected chi connectivity index (χ4v) is 2.97. The average Bonchev–Trinajstić information content (AvgIpc) is 2.77. The molecule has 0 atom stereocenters. The lowest BCUT2D eigenvalue weighted by molar-refractivity contribution is -0.385.